The first-order valence-electron chi connectivity index (χ1n) is 8.54. The van der Waals surface area contributed by atoms with Crippen LogP contribution in [0.5, 0.6) is 11.5 Å². The van der Waals surface area contributed by atoms with Crippen molar-refractivity contribution in [2.45, 2.75) is 6.18 Å². The molecule has 0 saturated carbocycles. The van der Waals surface area contributed by atoms with Gasteiger partial charge in [0.25, 0.3) is 0 Å². The quantitative estimate of drug-likeness (QED) is 0.429. The van der Waals surface area contributed by atoms with E-state index in [1.54, 1.807) is 6.07 Å². The van der Waals surface area contributed by atoms with Crippen LogP contribution in [-0.2, 0) is 6.18 Å². The van der Waals surface area contributed by atoms with Crippen molar-refractivity contribution in [3.05, 3.63) is 66.2 Å². The molecule has 0 aliphatic rings. The second-order valence-corrected chi connectivity index (χ2v) is 6.34. The molecule has 142 valence electrons. The number of ether oxygens (including phenoxy) is 2. The van der Waals surface area contributed by atoms with Crippen LogP contribution >= 0.6 is 0 Å². The SMILES string of the molecule is COc1cc(OC)c2c(C(F)(F)F)cc(-c3ccc4ccccc4c3)nc2c1. The Morgan fingerprint density at radius 3 is 2.25 bits per heavy atom. The fourth-order valence-electron chi connectivity index (χ4n) is 3.30. The van der Waals surface area contributed by atoms with E-state index in [0.29, 0.717) is 11.3 Å². The van der Waals surface area contributed by atoms with Crippen molar-refractivity contribution in [3.8, 4) is 22.8 Å². The third-order valence-corrected chi connectivity index (χ3v) is 4.65. The van der Waals surface area contributed by atoms with Crippen molar-refractivity contribution >= 4 is 21.7 Å². The molecule has 0 N–H and O–H groups in total. The number of alkyl halides is 3. The Kier molecular flexibility index (Phi) is 4.34. The zero-order valence-electron chi connectivity index (χ0n) is 15.2. The Balaban J connectivity index is 2.03. The highest BCUT2D eigenvalue weighted by Gasteiger charge is 2.35. The van der Waals surface area contributed by atoms with Crippen LogP contribution in [0.2, 0.25) is 0 Å². The average molecular weight is 383 g/mol. The van der Waals surface area contributed by atoms with Gasteiger partial charge in [-0.1, -0.05) is 36.4 Å². The summed E-state index contributed by atoms with van der Waals surface area (Å²) in [6, 6.07) is 17.1. The van der Waals surface area contributed by atoms with Crippen molar-refractivity contribution in [1.82, 2.24) is 4.98 Å². The van der Waals surface area contributed by atoms with E-state index in [-0.39, 0.29) is 22.3 Å². The van der Waals surface area contributed by atoms with E-state index in [1.807, 2.05) is 36.4 Å². The molecule has 0 bridgehead atoms. The monoisotopic (exact) mass is 383 g/mol. The number of aromatic nitrogens is 1. The van der Waals surface area contributed by atoms with Crippen LogP contribution in [-0.4, -0.2) is 19.2 Å². The molecular weight excluding hydrogens is 367 g/mol. The van der Waals surface area contributed by atoms with E-state index < -0.39 is 11.7 Å². The van der Waals surface area contributed by atoms with Crippen molar-refractivity contribution < 1.29 is 22.6 Å². The van der Waals surface area contributed by atoms with Gasteiger partial charge in [0.05, 0.1) is 36.4 Å². The molecule has 0 atom stereocenters. The van der Waals surface area contributed by atoms with Crippen molar-refractivity contribution in [3.63, 3.8) is 0 Å². The predicted octanol–water partition coefficient (Wildman–Crippen LogP) is 6.09. The fourth-order valence-corrected chi connectivity index (χ4v) is 3.30. The zero-order chi connectivity index (χ0) is 19.9. The minimum absolute atomic E-state index is 0.0687. The largest absolute Gasteiger partial charge is 0.497 e. The van der Waals surface area contributed by atoms with E-state index in [4.69, 9.17) is 9.47 Å². The molecule has 0 aliphatic heterocycles. The molecule has 1 heterocycles. The molecule has 28 heavy (non-hydrogen) atoms. The first kappa shape index (κ1) is 18.1. The first-order chi connectivity index (χ1) is 13.4. The minimum Gasteiger partial charge on any atom is -0.497 e. The maximum Gasteiger partial charge on any atom is 0.417 e. The van der Waals surface area contributed by atoms with Crippen LogP contribution in [0.15, 0.2) is 60.7 Å². The molecule has 0 aliphatic carbocycles. The van der Waals surface area contributed by atoms with Crippen molar-refractivity contribution in [2.75, 3.05) is 14.2 Å². The van der Waals surface area contributed by atoms with Gasteiger partial charge in [0.2, 0.25) is 0 Å². The number of hydrogen-bond donors (Lipinski definition) is 0. The van der Waals surface area contributed by atoms with Gasteiger partial charge in [0.1, 0.15) is 11.5 Å². The van der Waals surface area contributed by atoms with Crippen LogP contribution in [0.4, 0.5) is 13.2 Å². The molecule has 4 aromatic rings. The lowest BCUT2D eigenvalue weighted by Crippen LogP contribution is -2.08. The molecule has 0 saturated heterocycles. The van der Waals surface area contributed by atoms with Crippen LogP contribution < -0.4 is 9.47 Å². The second-order valence-electron chi connectivity index (χ2n) is 6.34. The van der Waals surface area contributed by atoms with Crippen molar-refractivity contribution in [1.29, 1.82) is 0 Å². The number of nitrogens with zero attached hydrogens (tertiary/aromatic N) is 1. The summed E-state index contributed by atoms with van der Waals surface area (Å²) < 4.78 is 51.9. The number of benzene rings is 3. The number of fused-ring (bicyclic) bond motifs is 2. The second kappa shape index (κ2) is 6.71. The van der Waals surface area contributed by atoms with Crippen LogP contribution in [0.1, 0.15) is 5.56 Å². The van der Waals surface area contributed by atoms with Gasteiger partial charge in [0.15, 0.2) is 0 Å². The summed E-state index contributed by atoms with van der Waals surface area (Å²) in [6.07, 6.45) is -4.56. The molecule has 6 heteroatoms. The molecular formula is C22H16F3NO2. The van der Waals surface area contributed by atoms with Gasteiger partial charge < -0.3 is 9.47 Å². The smallest absolute Gasteiger partial charge is 0.417 e. The molecule has 3 aromatic carbocycles. The number of rotatable bonds is 3. The van der Waals surface area contributed by atoms with Gasteiger partial charge in [0, 0.05) is 17.7 Å². The summed E-state index contributed by atoms with van der Waals surface area (Å²) in [5.41, 5.74) is 0.211. The summed E-state index contributed by atoms with van der Waals surface area (Å²) >= 11 is 0. The van der Waals surface area contributed by atoms with Crippen molar-refractivity contribution in [2.24, 2.45) is 0 Å². The number of halogens is 3. The van der Waals surface area contributed by atoms with E-state index >= 15 is 0 Å². The standard InChI is InChI=1S/C22H16F3NO2/c1-27-16-10-19-21(20(11-16)28-2)17(22(23,24)25)12-18(26-19)15-8-7-13-5-3-4-6-14(13)9-15/h3-12H,1-2H3. The Morgan fingerprint density at radius 1 is 0.821 bits per heavy atom. The normalized spacial score (nSPS) is 11.8. The van der Waals surface area contributed by atoms with Gasteiger partial charge in [-0.15, -0.1) is 0 Å². The Bertz CT molecular complexity index is 1190. The lowest BCUT2D eigenvalue weighted by Gasteiger charge is -2.16. The molecule has 3 nitrogen and oxygen atoms in total. The number of hydrogen-bond acceptors (Lipinski definition) is 3. The van der Waals surface area contributed by atoms with E-state index in [2.05, 4.69) is 4.98 Å². The number of pyridine rings is 1. The van der Waals surface area contributed by atoms with Crippen LogP contribution in [0.25, 0.3) is 32.9 Å². The Labute approximate surface area is 159 Å². The predicted molar refractivity (Wildman–Crippen MR) is 103 cm³/mol. The summed E-state index contributed by atoms with van der Waals surface area (Å²) in [5, 5.41) is 1.85. The highest BCUT2D eigenvalue weighted by Crippen LogP contribution is 2.42. The molecule has 0 amide bonds. The number of methoxy groups -OCH3 is 2. The zero-order valence-corrected chi connectivity index (χ0v) is 15.2. The Hall–Kier alpha value is -3.28. The van der Waals surface area contributed by atoms with E-state index in [1.165, 1.54) is 26.4 Å². The average Bonchev–Trinajstić information content (AvgIpc) is 2.70. The van der Waals surface area contributed by atoms with E-state index in [9.17, 15) is 13.2 Å². The Morgan fingerprint density at radius 2 is 1.57 bits per heavy atom. The van der Waals surface area contributed by atoms with Gasteiger partial charge >= 0.3 is 6.18 Å². The topological polar surface area (TPSA) is 31.4 Å². The molecule has 0 fully saturated rings. The highest BCUT2D eigenvalue weighted by molar-refractivity contribution is 5.93. The maximum absolute atomic E-state index is 13.9. The lowest BCUT2D eigenvalue weighted by molar-refractivity contribution is -0.136. The van der Waals surface area contributed by atoms with Gasteiger partial charge in [-0.25, -0.2) is 4.98 Å². The molecule has 0 unspecified atom stereocenters. The van der Waals surface area contributed by atoms with Gasteiger partial charge in [-0.2, -0.15) is 13.2 Å². The highest BCUT2D eigenvalue weighted by atomic mass is 19.4. The van der Waals surface area contributed by atoms with Gasteiger partial charge in [-0.3, -0.25) is 0 Å². The summed E-state index contributed by atoms with van der Waals surface area (Å²) in [6.45, 7) is 0. The summed E-state index contributed by atoms with van der Waals surface area (Å²) in [5.74, 6) is 0.444. The van der Waals surface area contributed by atoms with Gasteiger partial charge in [-0.05, 0) is 22.9 Å². The maximum atomic E-state index is 13.9. The molecule has 4 rings (SSSR count). The van der Waals surface area contributed by atoms with E-state index in [0.717, 1.165) is 16.8 Å². The molecule has 1 aromatic heterocycles. The summed E-state index contributed by atoms with van der Waals surface area (Å²) in [7, 11) is 2.77. The third kappa shape index (κ3) is 3.11. The van der Waals surface area contributed by atoms with Crippen LogP contribution in [0.3, 0.4) is 0 Å². The minimum atomic E-state index is -4.56. The lowest BCUT2D eigenvalue weighted by atomic mass is 10.0. The molecule has 0 spiro atoms. The first-order valence-corrected chi connectivity index (χ1v) is 8.54. The molecule has 0 radical (unpaired) electrons. The van der Waals surface area contributed by atoms with Crippen LogP contribution in [0, 0.1) is 0 Å². The fraction of sp³-hybridized carbons (Fsp3) is 0.136. The third-order valence-electron chi connectivity index (χ3n) is 4.65. The summed E-state index contributed by atoms with van der Waals surface area (Å²) in [4.78, 5) is 4.48.